The highest BCUT2D eigenvalue weighted by molar-refractivity contribution is 6.14. The number of benzene rings is 2. The number of carbonyl (C=O) groups is 2. The standard InChI is InChI=1S/C25H28N4O2/c1-3-13-26-24(30)17-8-7-9-18(15-17)27-25(31)23-19-10-5-6-11-21(19)28-22-12-14-29(4-2)16-20(22)23/h5-11,15H,3-4,12-14,16H2,1-2H3,(H,26,30)(H,27,31). The highest BCUT2D eigenvalue weighted by Gasteiger charge is 2.25. The van der Waals surface area contributed by atoms with Gasteiger partial charge in [-0.25, -0.2) is 0 Å². The van der Waals surface area contributed by atoms with Crippen LogP contribution in [0.4, 0.5) is 5.69 Å². The number of likely N-dealkylation sites (N-methyl/N-ethyl adjacent to an activating group) is 1. The molecule has 1 aliphatic heterocycles. The summed E-state index contributed by atoms with van der Waals surface area (Å²) in [5, 5.41) is 6.75. The zero-order chi connectivity index (χ0) is 21.8. The first kappa shape index (κ1) is 21.0. The van der Waals surface area contributed by atoms with Crippen LogP contribution in [0.2, 0.25) is 0 Å². The lowest BCUT2D eigenvalue weighted by Crippen LogP contribution is -2.33. The van der Waals surface area contributed by atoms with Crippen LogP contribution in [0, 0.1) is 0 Å². The lowest BCUT2D eigenvalue weighted by molar-refractivity contribution is 0.0952. The van der Waals surface area contributed by atoms with Crippen molar-refractivity contribution in [2.75, 3.05) is 25.0 Å². The Morgan fingerprint density at radius 1 is 1.06 bits per heavy atom. The molecule has 0 saturated carbocycles. The van der Waals surface area contributed by atoms with Gasteiger partial charge in [0.25, 0.3) is 11.8 Å². The molecule has 0 saturated heterocycles. The molecule has 31 heavy (non-hydrogen) atoms. The monoisotopic (exact) mass is 416 g/mol. The molecule has 2 aromatic carbocycles. The van der Waals surface area contributed by atoms with E-state index in [2.05, 4.69) is 22.5 Å². The summed E-state index contributed by atoms with van der Waals surface area (Å²) in [4.78, 5) is 33.0. The fraction of sp³-hybridized carbons (Fsp3) is 0.320. The number of nitrogens with one attached hydrogen (secondary N) is 2. The third kappa shape index (κ3) is 4.44. The van der Waals surface area contributed by atoms with Crippen LogP contribution >= 0.6 is 0 Å². The van der Waals surface area contributed by atoms with Crippen LogP contribution in [0.25, 0.3) is 10.9 Å². The Morgan fingerprint density at radius 2 is 1.90 bits per heavy atom. The molecule has 2 amide bonds. The largest absolute Gasteiger partial charge is 0.352 e. The van der Waals surface area contributed by atoms with Gasteiger partial charge in [-0.05, 0) is 37.2 Å². The minimum absolute atomic E-state index is 0.136. The van der Waals surface area contributed by atoms with E-state index in [1.807, 2.05) is 37.3 Å². The van der Waals surface area contributed by atoms with Gasteiger partial charge in [-0.15, -0.1) is 0 Å². The second kappa shape index (κ2) is 9.27. The van der Waals surface area contributed by atoms with Crippen LogP contribution in [0.5, 0.6) is 0 Å². The molecule has 3 aromatic rings. The average molecular weight is 417 g/mol. The summed E-state index contributed by atoms with van der Waals surface area (Å²) in [6.45, 7) is 7.36. The number of para-hydroxylation sites is 1. The number of aromatic nitrogens is 1. The molecule has 2 heterocycles. The number of pyridine rings is 1. The van der Waals surface area contributed by atoms with Gasteiger partial charge in [0.1, 0.15) is 0 Å². The Kier molecular flexibility index (Phi) is 6.28. The maximum absolute atomic E-state index is 13.5. The molecule has 0 atom stereocenters. The highest BCUT2D eigenvalue weighted by Crippen LogP contribution is 2.29. The third-order valence-electron chi connectivity index (χ3n) is 5.72. The minimum Gasteiger partial charge on any atom is -0.352 e. The number of anilines is 1. The summed E-state index contributed by atoms with van der Waals surface area (Å²) >= 11 is 0. The maximum Gasteiger partial charge on any atom is 0.256 e. The first-order valence-corrected chi connectivity index (χ1v) is 10.9. The number of nitrogens with zero attached hydrogens (tertiary/aromatic N) is 2. The van der Waals surface area contributed by atoms with Gasteiger partial charge in [0.05, 0.1) is 11.1 Å². The molecule has 0 bridgehead atoms. The van der Waals surface area contributed by atoms with Crippen molar-refractivity contribution in [3.63, 3.8) is 0 Å². The van der Waals surface area contributed by atoms with Crippen molar-refractivity contribution in [1.29, 1.82) is 0 Å². The third-order valence-corrected chi connectivity index (χ3v) is 5.72. The Labute approximate surface area is 182 Å². The molecule has 1 aromatic heterocycles. The zero-order valence-corrected chi connectivity index (χ0v) is 18.1. The quantitative estimate of drug-likeness (QED) is 0.637. The second-order valence-electron chi connectivity index (χ2n) is 7.84. The summed E-state index contributed by atoms with van der Waals surface area (Å²) in [5.74, 6) is -0.304. The van der Waals surface area contributed by atoms with Crippen LogP contribution < -0.4 is 10.6 Å². The van der Waals surface area contributed by atoms with Crippen LogP contribution in [0.15, 0.2) is 48.5 Å². The maximum atomic E-state index is 13.5. The first-order valence-electron chi connectivity index (χ1n) is 10.9. The molecule has 0 unspecified atom stereocenters. The normalized spacial score (nSPS) is 13.6. The van der Waals surface area contributed by atoms with Gasteiger partial charge in [-0.3, -0.25) is 19.5 Å². The topological polar surface area (TPSA) is 74.3 Å². The summed E-state index contributed by atoms with van der Waals surface area (Å²) < 4.78 is 0. The van der Waals surface area contributed by atoms with Crippen molar-refractivity contribution in [2.24, 2.45) is 0 Å². The fourth-order valence-corrected chi connectivity index (χ4v) is 4.05. The van der Waals surface area contributed by atoms with E-state index in [0.29, 0.717) is 29.9 Å². The van der Waals surface area contributed by atoms with E-state index < -0.39 is 0 Å². The summed E-state index contributed by atoms with van der Waals surface area (Å²) in [7, 11) is 0. The van der Waals surface area contributed by atoms with Crippen LogP contribution in [0.1, 0.15) is 52.2 Å². The Bertz CT molecular complexity index is 1130. The molecule has 4 rings (SSSR count). The van der Waals surface area contributed by atoms with Gasteiger partial charge >= 0.3 is 0 Å². The number of rotatable bonds is 6. The molecule has 6 nitrogen and oxygen atoms in total. The Hall–Kier alpha value is -3.25. The highest BCUT2D eigenvalue weighted by atomic mass is 16.2. The molecular weight excluding hydrogens is 388 g/mol. The second-order valence-corrected chi connectivity index (χ2v) is 7.84. The van der Waals surface area contributed by atoms with Crippen molar-refractivity contribution in [3.05, 3.63) is 70.9 Å². The molecule has 6 heteroatoms. The lowest BCUT2D eigenvalue weighted by Gasteiger charge is -2.29. The van der Waals surface area contributed by atoms with Crippen LogP contribution in [-0.4, -0.2) is 41.3 Å². The summed E-state index contributed by atoms with van der Waals surface area (Å²) in [6.07, 6.45) is 1.71. The van der Waals surface area contributed by atoms with E-state index in [1.165, 1.54) is 0 Å². The van der Waals surface area contributed by atoms with Crippen molar-refractivity contribution in [3.8, 4) is 0 Å². The van der Waals surface area contributed by atoms with E-state index in [4.69, 9.17) is 4.98 Å². The minimum atomic E-state index is -0.168. The molecule has 160 valence electrons. The summed E-state index contributed by atoms with van der Waals surface area (Å²) in [5.41, 5.74) is 4.66. The van der Waals surface area contributed by atoms with Gasteiger partial charge in [-0.1, -0.05) is 38.1 Å². The predicted molar refractivity (Wildman–Crippen MR) is 123 cm³/mol. The molecule has 0 aliphatic carbocycles. The van der Waals surface area contributed by atoms with Gasteiger partial charge in [0, 0.05) is 53.9 Å². The summed E-state index contributed by atoms with van der Waals surface area (Å²) in [6, 6.07) is 14.9. The molecule has 0 radical (unpaired) electrons. The Balaban J connectivity index is 1.69. The van der Waals surface area contributed by atoms with Crippen molar-refractivity contribution in [2.45, 2.75) is 33.2 Å². The van der Waals surface area contributed by atoms with Crippen LogP contribution in [-0.2, 0) is 13.0 Å². The number of amides is 2. The number of hydrogen-bond donors (Lipinski definition) is 2. The number of hydrogen-bond acceptors (Lipinski definition) is 4. The zero-order valence-electron chi connectivity index (χ0n) is 18.1. The lowest BCUT2D eigenvalue weighted by atomic mass is 9.95. The molecule has 0 spiro atoms. The van der Waals surface area contributed by atoms with E-state index >= 15 is 0 Å². The van der Waals surface area contributed by atoms with Crippen molar-refractivity contribution < 1.29 is 9.59 Å². The van der Waals surface area contributed by atoms with E-state index in [1.54, 1.807) is 18.2 Å². The smallest absolute Gasteiger partial charge is 0.256 e. The van der Waals surface area contributed by atoms with E-state index in [0.717, 1.165) is 48.1 Å². The van der Waals surface area contributed by atoms with E-state index in [9.17, 15) is 9.59 Å². The SMILES string of the molecule is CCCNC(=O)c1cccc(NC(=O)c2c3c(nc4ccccc24)CCN(CC)C3)c1. The molecule has 0 fully saturated rings. The molecular formula is C25H28N4O2. The van der Waals surface area contributed by atoms with E-state index in [-0.39, 0.29) is 11.8 Å². The fourth-order valence-electron chi connectivity index (χ4n) is 4.05. The van der Waals surface area contributed by atoms with Crippen molar-refractivity contribution >= 4 is 28.4 Å². The van der Waals surface area contributed by atoms with Gasteiger partial charge in [0.15, 0.2) is 0 Å². The van der Waals surface area contributed by atoms with Gasteiger partial charge in [-0.2, -0.15) is 0 Å². The number of fused-ring (bicyclic) bond motifs is 2. The number of carbonyl (C=O) groups excluding carboxylic acids is 2. The molecule has 2 N–H and O–H groups in total. The van der Waals surface area contributed by atoms with Crippen LogP contribution in [0.3, 0.4) is 0 Å². The van der Waals surface area contributed by atoms with Gasteiger partial charge < -0.3 is 10.6 Å². The van der Waals surface area contributed by atoms with Gasteiger partial charge in [0.2, 0.25) is 0 Å². The Morgan fingerprint density at radius 3 is 2.71 bits per heavy atom. The van der Waals surface area contributed by atoms with Crippen molar-refractivity contribution in [1.82, 2.24) is 15.2 Å². The molecule has 1 aliphatic rings. The first-order chi connectivity index (χ1) is 15.1. The predicted octanol–water partition coefficient (Wildman–Crippen LogP) is 4.00. The average Bonchev–Trinajstić information content (AvgIpc) is 2.80.